The molecular weight excluding hydrogens is 246 g/mol. The summed E-state index contributed by atoms with van der Waals surface area (Å²) in [6.07, 6.45) is 1.48. The smallest absolute Gasteiger partial charge is 0.352 e. The molecule has 0 spiro atoms. The number of ketones is 1. The Balaban J connectivity index is 2.39. The van der Waals surface area contributed by atoms with Gasteiger partial charge in [-0.2, -0.15) is 9.38 Å². The number of carbonyl (C=O) groups excluding carboxylic acids is 1. The molecule has 0 aliphatic heterocycles. The average molecular weight is 255 g/mol. The van der Waals surface area contributed by atoms with Crippen LogP contribution in [0.15, 0.2) is 11.6 Å². The Morgan fingerprint density at radius 1 is 1.71 bits per heavy atom. The minimum absolute atomic E-state index is 0.0671. The number of methoxy groups -OCH3 is 1. The zero-order valence-electron chi connectivity index (χ0n) is 8.95. The molecule has 0 amide bonds. The van der Waals surface area contributed by atoms with Gasteiger partial charge in [-0.25, -0.2) is 0 Å². The quantitative estimate of drug-likeness (QED) is 0.589. The third kappa shape index (κ3) is 2.17. The number of Topliss-reactive ketones (excluding diaryl/α,β-unsaturated/α-hetero) is 1. The van der Waals surface area contributed by atoms with E-state index in [2.05, 4.69) is 9.72 Å². The Hall–Kier alpha value is -1.80. The molecule has 0 bridgehead atoms. The summed E-state index contributed by atoms with van der Waals surface area (Å²) in [5, 5.41) is 12.6. The summed E-state index contributed by atoms with van der Waals surface area (Å²) >= 11 is 1.29. The fourth-order valence-corrected chi connectivity index (χ4v) is 2.26. The highest BCUT2D eigenvalue weighted by molar-refractivity contribution is 7.15. The van der Waals surface area contributed by atoms with Gasteiger partial charge in [0, 0.05) is 12.5 Å². The first-order chi connectivity index (χ1) is 8.13. The van der Waals surface area contributed by atoms with Gasteiger partial charge in [-0.1, -0.05) is 11.3 Å². The normalized spacial score (nSPS) is 10.9. The van der Waals surface area contributed by atoms with Crippen molar-refractivity contribution in [3.05, 3.63) is 27.4 Å². The van der Waals surface area contributed by atoms with E-state index in [1.807, 2.05) is 0 Å². The van der Waals surface area contributed by atoms with Crippen molar-refractivity contribution in [2.45, 2.75) is 6.42 Å². The predicted molar refractivity (Wildman–Crippen MR) is 60.3 cm³/mol. The van der Waals surface area contributed by atoms with Gasteiger partial charge in [0.15, 0.2) is 5.78 Å². The average Bonchev–Trinajstić information content (AvgIpc) is 2.76. The van der Waals surface area contributed by atoms with E-state index in [4.69, 9.17) is 0 Å². The van der Waals surface area contributed by atoms with Gasteiger partial charge in [-0.05, 0) is 4.92 Å². The first-order valence-corrected chi connectivity index (χ1v) is 5.61. The Kier molecular flexibility index (Phi) is 3.16. The van der Waals surface area contributed by atoms with Crippen LogP contribution in [0, 0.1) is 10.1 Å². The van der Waals surface area contributed by atoms with Crippen LogP contribution in [0.4, 0.5) is 5.82 Å². The fraction of sp³-hybridized carbons (Fsp3) is 0.333. The number of nitro groups is 1. The van der Waals surface area contributed by atoms with Gasteiger partial charge in [-0.15, -0.1) is 0 Å². The molecule has 2 heterocycles. The summed E-state index contributed by atoms with van der Waals surface area (Å²) in [7, 11) is 1.40. The van der Waals surface area contributed by atoms with Gasteiger partial charge in [-0.3, -0.25) is 4.79 Å². The second-order valence-electron chi connectivity index (χ2n) is 3.34. The van der Waals surface area contributed by atoms with Gasteiger partial charge in [0.2, 0.25) is 0 Å². The molecule has 8 heteroatoms. The van der Waals surface area contributed by atoms with E-state index in [1.54, 1.807) is 11.6 Å². The van der Waals surface area contributed by atoms with Crippen molar-refractivity contribution in [3.63, 3.8) is 0 Å². The molecule has 0 fully saturated rings. The van der Waals surface area contributed by atoms with Gasteiger partial charge in [0.25, 0.3) is 4.96 Å². The molecule has 2 aromatic rings. The number of fused-ring (bicyclic) bond motifs is 1. The molecule has 2 aromatic heterocycles. The van der Waals surface area contributed by atoms with Crippen molar-refractivity contribution in [2.75, 3.05) is 13.7 Å². The fourth-order valence-electron chi connectivity index (χ4n) is 1.53. The first-order valence-electron chi connectivity index (χ1n) is 4.73. The second kappa shape index (κ2) is 4.60. The van der Waals surface area contributed by atoms with Crippen LogP contribution in [0.2, 0.25) is 0 Å². The second-order valence-corrected chi connectivity index (χ2v) is 4.22. The summed E-state index contributed by atoms with van der Waals surface area (Å²) < 4.78 is 6.06. The van der Waals surface area contributed by atoms with E-state index in [0.29, 0.717) is 4.96 Å². The van der Waals surface area contributed by atoms with Crippen molar-refractivity contribution >= 4 is 27.9 Å². The van der Waals surface area contributed by atoms with Gasteiger partial charge >= 0.3 is 5.82 Å². The molecule has 7 nitrogen and oxygen atoms in total. The van der Waals surface area contributed by atoms with Crippen LogP contribution in [0.1, 0.15) is 5.69 Å². The van der Waals surface area contributed by atoms with E-state index in [-0.39, 0.29) is 30.3 Å². The van der Waals surface area contributed by atoms with E-state index < -0.39 is 4.92 Å². The van der Waals surface area contributed by atoms with Crippen LogP contribution in [-0.2, 0) is 16.0 Å². The first kappa shape index (κ1) is 11.7. The standard InChI is InChI=1S/C9H9N3O4S/c1-16-5-6(13)4-7-8(12(14)15)11-2-3-17-9(11)10-7/h2-3H,4-5H2,1H3. The summed E-state index contributed by atoms with van der Waals surface area (Å²) in [6, 6.07) is 0. The largest absolute Gasteiger partial charge is 0.377 e. The molecule has 0 aromatic carbocycles. The number of aromatic nitrogens is 2. The molecule has 0 atom stereocenters. The molecule has 90 valence electrons. The molecule has 0 unspecified atom stereocenters. The van der Waals surface area contributed by atoms with E-state index in [9.17, 15) is 14.9 Å². The predicted octanol–water partition coefficient (Wildman–Crippen LogP) is 1.06. The number of nitrogens with zero attached hydrogens (tertiary/aromatic N) is 3. The maximum atomic E-state index is 11.4. The molecule has 17 heavy (non-hydrogen) atoms. The van der Waals surface area contributed by atoms with Gasteiger partial charge in [0.1, 0.15) is 18.5 Å². The minimum Gasteiger partial charge on any atom is -0.377 e. The highest BCUT2D eigenvalue weighted by atomic mass is 32.1. The van der Waals surface area contributed by atoms with Crippen molar-refractivity contribution in [1.29, 1.82) is 0 Å². The Labute approximate surface area is 99.8 Å². The Morgan fingerprint density at radius 2 is 2.47 bits per heavy atom. The summed E-state index contributed by atoms with van der Waals surface area (Å²) in [4.78, 5) is 26.4. The van der Waals surface area contributed by atoms with Crippen molar-refractivity contribution in [2.24, 2.45) is 0 Å². The lowest BCUT2D eigenvalue weighted by Crippen LogP contribution is -2.11. The topological polar surface area (TPSA) is 86.7 Å². The lowest BCUT2D eigenvalue weighted by atomic mass is 10.2. The van der Waals surface area contributed by atoms with Crippen LogP contribution < -0.4 is 0 Å². The molecule has 0 saturated heterocycles. The Bertz CT molecular complexity index is 574. The van der Waals surface area contributed by atoms with Crippen LogP contribution >= 0.6 is 11.3 Å². The van der Waals surface area contributed by atoms with Crippen molar-refractivity contribution in [3.8, 4) is 0 Å². The maximum absolute atomic E-state index is 11.4. The van der Waals surface area contributed by atoms with Crippen molar-refractivity contribution in [1.82, 2.24) is 9.38 Å². The number of thiazole rings is 1. The lowest BCUT2D eigenvalue weighted by Gasteiger charge is -1.97. The summed E-state index contributed by atoms with van der Waals surface area (Å²) in [5.74, 6) is -0.382. The molecule has 0 N–H and O–H groups in total. The number of carbonyl (C=O) groups is 1. The van der Waals surface area contributed by atoms with Crippen LogP contribution in [0.5, 0.6) is 0 Å². The van der Waals surface area contributed by atoms with E-state index in [1.165, 1.54) is 22.8 Å². The third-order valence-corrected chi connectivity index (χ3v) is 2.91. The van der Waals surface area contributed by atoms with E-state index in [0.717, 1.165) is 0 Å². The Morgan fingerprint density at radius 3 is 3.12 bits per heavy atom. The minimum atomic E-state index is -0.526. The zero-order chi connectivity index (χ0) is 12.4. The van der Waals surface area contributed by atoms with Gasteiger partial charge in [0.05, 0.1) is 6.42 Å². The van der Waals surface area contributed by atoms with Crippen LogP contribution in [-0.4, -0.2) is 33.8 Å². The number of hydrogen-bond acceptors (Lipinski definition) is 6. The number of rotatable bonds is 5. The molecule has 0 aliphatic carbocycles. The maximum Gasteiger partial charge on any atom is 0.352 e. The number of hydrogen-bond donors (Lipinski definition) is 0. The monoisotopic (exact) mass is 255 g/mol. The van der Waals surface area contributed by atoms with Gasteiger partial charge < -0.3 is 14.9 Å². The lowest BCUT2D eigenvalue weighted by molar-refractivity contribution is -0.391. The SMILES string of the molecule is COCC(=O)Cc1nc2sccn2c1[N+](=O)[O-]. The molecule has 0 saturated carbocycles. The summed E-state index contributed by atoms with van der Waals surface area (Å²) in [5.41, 5.74) is 0.184. The highest BCUT2D eigenvalue weighted by Crippen LogP contribution is 2.24. The highest BCUT2D eigenvalue weighted by Gasteiger charge is 2.24. The molecule has 0 aliphatic rings. The number of ether oxygens (including phenoxy) is 1. The number of imidazole rings is 1. The van der Waals surface area contributed by atoms with Crippen LogP contribution in [0.25, 0.3) is 4.96 Å². The van der Waals surface area contributed by atoms with Crippen LogP contribution in [0.3, 0.4) is 0 Å². The summed E-state index contributed by atoms with van der Waals surface area (Å²) in [6.45, 7) is -0.0671. The molecule has 0 radical (unpaired) electrons. The van der Waals surface area contributed by atoms with E-state index >= 15 is 0 Å². The van der Waals surface area contributed by atoms with Crippen molar-refractivity contribution < 1.29 is 14.5 Å². The molecule has 2 rings (SSSR count). The molecular formula is C9H9N3O4S. The zero-order valence-corrected chi connectivity index (χ0v) is 9.77. The third-order valence-electron chi connectivity index (χ3n) is 2.15.